The Labute approximate surface area is 180 Å². The van der Waals surface area contributed by atoms with Gasteiger partial charge in [-0.05, 0) is 61.1 Å². The van der Waals surface area contributed by atoms with Crippen LogP contribution in [-0.2, 0) is 24.2 Å². The molecule has 3 aromatic rings. The molecule has 0 bridgehead atoms. The number of carbonyl (C=O) groups is 2. The molecule has 8 heteroatoms. The first-order chi connectivity index (χ1) is 15.1. The molecule has 0 unspecified atom stereocenters. The molecule has 2 heterocycles. The molecule has 0 radical (unpaired) electrons. The van der Waals surface area contributed by atoms with Crippen LogP contribution in [0.5, 0.6) is 0 Å². The van der Waals surface area contributed by atoms with Gasteiger partial charge in [-0.3, -0.25) is 14.7 Å². The fraction of sp³-hybridized carbons (Fsp3) is 0.217. The zero-order valence-corrected chi connectivity index (χ0v) is 17.0. The second-order valence-corrected chi connectivity index (χ2v) is 7.47. The Kier molecular flexibility index (Phi) is 6.07. The standard InChI is InChI=1S/C23H24N6O2/c24-22-19(11-17-5-1-2-7-20(17)29-22)23(31)28-18-6-3-4-15(10-18)12-25-21(30)9-8-16-13-26-27-14-16/h3-4,6,8-11,13-14H,1-2,5,7,12H2,(H2,24,29)(H,25,30)(H,26,27)(H,28,31)/b9-8+. The number of aryl methyl sites for hydroxylation is 2. The molecule has 0 atom stereocenters. The van der Waals surface area contributed by atoms with E-state index in [0.717, 1.165) is 48.1 Å². The number of pyridine rings is 1. The predicted molar refractivity (Wildman–Crippen MR) is 119 cm³/mol. The van der Waals surface area contributed by atoms with Crippen molar-refractivity contribution in [3.05, 3.63) is 76.7 Å². The number of benzene rings is 1. The number of rotatable bonds is 6. The maximum Gasteiger partial charge on any atom is 0.259 e. The van der Waals surface area contributed by atoms with Crippen molar-refractivity contribution in [3.8, 4) is 0 Å². The Morgan fingerprint density at radius 3 is 2.90 bits per heavy atom. The third kappa shape index (κ3) is 5.16. The summed E-state index contributed by atoms with van der Waals surface area (Å²) in [5.41, 5.74) is 10.8. The number of nitrogen functional groups attached to an aromatic ring is 1. The number of anilines is 2. The fourth-order valence-corrected chi connectivity index (χ4v) is 3.56. The van der Waals surface area contributed by atoms with Crippen molar-refractivity contribution >= 4 is 29.4 Å². The van der Waals surface area contributed by atoms with Crippen LogP contribution >= 0.6 is 0 Å². The van der Waals surface area contributed by atoms with Crippen LogP contribution in [0.2, 0.25) is 0 Å². The summed E-state index contributed by atoms with van der Waals surface area (Å²) in [6, 6.07) is 9.18. The number of H-pyrrole nitrogens is 1. The second kappa shape index (κ2) is 9.25. The minimum absolute atomic E-state index is 0.219. The number of hydrogen-bond donors (Lipinski definition) is 4. The van der Waals surface area contributed by atoms with Crippen molar-refractivity contribution in [1.29, 1.82) is 0 Å². The van der Waals surface area contributed by atoms with Gasteiger partial charge < -0.3 is 16.4 Å². The van der Waals surface area contributed by atoms with E-state index in [2.05, 4.69) is 25.8 Å². The van der Waals surface area contributed by atoms with Gasteiger partial charge >= 0.3 is 0 Å². The van der Waals surface area contributed by atoms with Crippen LogP contribution in [0.4, 0.5) is 11.5 Å². The Balaban J connectivity index is 1.38. The van der Waals surface area contributed by atoms with Crippen molar-refractivity contribution in [2.45, 2.75) is 32.2 Å². The molecule has 1 aliphatic rings. The van der Waals surface area contributed by atoms with E-state index in [4.69, 9.17) is 5.73 Å². The fourth-order valence-electron chi connectivity index (χ4n) is 3.56. The number of aromatic amines is 1. The molecule has 2 aromatic heterocycles. The largest absolute Gasteiger partial charge is 0.383 e. The Hall–Kier alpha value is -3.94. The van der Waals surface area contributed by atoms with E-state index in [-0.39, 0.29) is 17.6 Å². The molecule has 0 spiro atoms. The van der Waals surface area contributed by atoms with E-state index in [0.29, 0.717) is 17.8 Å². The summed E-state index contributed by atoms with van der Waals surface area (Å²) in [5.74, 6) is -0.253. The topological polar surface area (TPSA) is 126 Å². The first kappa shape index (κ1) is 20.3. The van der Waals surface area contributed by atoms with Gasteiger partial charge in [0.2, 0.25) is 5.91 Å². The smallest absolute Gasteiger partial charge is 0.259 e. The third-order valence-electron chi connectivity index (χ3n) is 5.17. The van der Waals surface area contributed by atoms with Crippen molar-refractivity contribution in [1.82, 2.24) is 20.5 Å². The molecule has 5 N–H and O–H groups in total. The van der Waals surface area contributed by atoms with Crippen molar-refractivity contribution < 1.29 is 9.59 Å². The monoisotopic (exact) mass is 416 g/mol. The molecule has 31 heavy (non-hydrogen) atoms. The van der Waals surface area contributed by atoms with Gasteiger partial charge in [-0.25, -0.2) is 4.98 Å². The van der Waals surface area contributed by atoms with Crippen LogP contribution in [0.1, 0.15) is 45.6 Å². The number of fused-ring (bicyclic) bond motifs is 1. The second-order valence-electron chi connectivity index (χ2n) is 7.47. The average Bonchev–Trinajstić information content (AvgIpc) is 3.30. The lowest BCUT2D eigenvalue weighted by atomic mass is 9.94. The molecule has 2 amide bonds. The van der Waals surface area contributed by atoms with E-state index in [1.54, 1.807) is 24.5 Å². The highest BCUT2D eigenvalue weighted by molar-refractivity contribution is 6.07. The van der Waals surface area contributed by atoms with E-state index >= 15 is 0 Å². The quantitative estimate of drug-likeness (QED) is 0.460. The summed E-state index contributed by atoms with van der Waals surface area (Å²) in [4.78, 5) is 29.2. The highest BCUT2D eigenvalue weighted by atomic mass is 16.2. The summed E-state index contributed by atoms with van der Waals surface area (Å²) in [6.45, 7) is 0.334. The minimum Gasteiger partial charge on any atom is -0.383 e. The van der Waals surface area contributed by atoms with Gasteiger partial charge in [-0.1, -0.05) is 12.1 Å². The van der Waals surface area contributed by atoms with Crippen LogP contribution in [0.15, 0.2) is 48.8 Å². The van der Waals surface area contributed by atoms with Gasteiger partial charge in [0.1, 0.15) is 5.82 Å². The van der Waals surface area contributed by atoms with Crippen LogP contribution in [0.3, 0.4) is 0 Å². The molecule has 0 saturated carbocycles. The van der Waals surface area contributed by atoms with Crippen LogP contribution < -0.4 is 16.4 Å². The summed E-state index contributed by atoms with van der Waals surface area (Å²) in [7, 11) is 0. The molecular weight excluding hydrogens is 392 g/mol. The number of aromatic nitrogens is 3. The number of nitrogens with one attached hydrogen (secondary N) is 3. The number of carbonyl (C=O) groups excluding carboxylic acids is 2. The summed E-state index contributed by atoms with van der Waals surface area (Å²) in [6.07, 6.45) is 10.5. The molecule has 8 nitrogen and oxygen atoms in total. The first-order valence-electron chi connectivity index (χ1n) is 10.2. The van der Waals surface area contributed by atoms with Crippen LogP contribution in [-0.4, -0.2) is 27.0 Å². The minimum atomic E-state index is -0.289. The molecule has 158 valence electrons. The van der Waals surface area contributed by atoms with Gasteiger partial charge in [0.05, 0.1) is 11.8 Å². The molecule has 0 aliphatic heterocycles. The van der Waals surface area contributed by atoms with Crippen LogP contribution in [0.25, 0.3) is 6.08 Å². The van der Waals surface area contributed by atoms with Crippen LogP contribution in [0, 0.1) is 0 Å². The van der Waals surface area contributed by atoms with Gasteiger partial charge in [-0.15, -0.1) is 0 Å². The Morgan fingerprint density at radius 2 is 2.06 bits per heavy atom. The Bertz CT molecular complexity index is 1120. The molecule has 1 aromatic carbocycles. The SMILES string of the molecule is Nc1nc2c(cc1C(=O)Nc1cccc(CNC(=O)/C=C/c3cn[nH]c3)c1)CCCC2. The predicted octanol–water partition coefficient (Wildman–Crippen LogP) is 2.85. The molecule has 1 aliphatic carbocycles. The number of hydrogen-bond acceptors (Lipinski definition) is 5. The Morgan fingerprint density at radius 1 is 1.19 bits per heavy atom. The maximum absolute atomic E-state index is 12.8. The van der Waals surface area contributed by atoms with E-state index in [9.17, 15) is 9.59 Å². The lowest BCUT2D eigenvalue weighted by Gasteiger charge is -2.17. The highest BCUT2D eigenvalue weighted by Gasteiger charge is 2.18. The van der Waals surface area contributed by atoms with Crippen molar-refractivity contribution in [2.24, 2.45) is 0 Å². The van der Waals surface area contributed by atoms with Gasteiger partial charge in [0.25, 0.3) is 5.91 Å². The number of nitrogens with zero attached hydrogens (tertiary/aromatic N) is 2. The van der Waals surface area contributed by atoms with Gasteiger partial charge in [-0.2, -0.15) is 5.10 Å². The van der Waals surface area contributed by atoms with E-state index in [1.165, 1.54) is 6.08 Å². The number of nitrogens with two attached hydrogens (primary N) is 1. The molecule has 4 rings (SSSR count). The van der Waals surface area contributed by atoms with Gasteiger partial charge in [0, 0.05) is 35.8 Å². The van der Waals surface area contributed by atoms with Crippen molar-refractivity contribution in [2.75, 3.05) is 11.1 Å². The normalized spacial score (nSPS) is 13.0. The first-order valence-corrected chi connectivity index (χ1v) is 10.2. The lowest BCUT2D eigenvalue weighted by molar-refractivity contribution is -0.116. The average molecular weight is 416 g/mol. The van der Waals surface area contributed by atoms with E-state index < -0.39 is 0 Å². The molecule has 0 fully saturated rings. The highest BCUT2D eigenvalue weighted by Crippen LogP contribution is 2.24. The van der Waals surface area contributed by atoms with Crippen molar-refractivity contribution in [3.63, 3.8) is 0 Å². The maximum atomic E-state index is 12.8. The third-order valence-corrected chi connectivity index (χ3v) is 5.17. The summed E-state index contributed by atoms with van der Waals surface area (Å²) in [5, 5.41) is 12.2. The summed E-state index contributed by atoms with van der Waals surface area (Å²) >= 11 is 0. The summed E-state index contributed by atoms with van der Waals surface area (Å²) < 4.78 is 0. The van der Waals surface area contributed by atoms with Gasteiger partial charge in [0.15, 0.2) is 0 Å². The molecular formula is C23H24N6O2. The van der Waals surface area contributed by atoms with E-state index in [1.807, 2.05) is 24.3 Å². The zero-order chi connectivity index (χ0) is 21.6. The molecule has 0 saturated heterocycles. The lowest BCUT2D eigenvalue weighted by Crippen LogP contribution is -2.20. The number of amides is 2. The zero-order valence-electron chi connectivity index (χ0n) is 17.0.